The molecule has 0 aromatic heterocycles. The summed E-state index contributed by atoms with van der Waals surface area (Å²) in [4.78, 5) is 29.2. The van der Waals surface area contributed by atoms with E-state index in [1.165, 1.54) is 5.69 Å². The van der Waals surface area contributed by atoms with Crippen LogP contribution in [0.1, 0.15) is 17.3 Å². The average Bonchev–Trinajstić information content (AvgIpc) is 2.73. The molecule has 1 fully saturated rings. The zero-order valence-electron chi connectivity index (χ0n) is 16.7. The zero-order valence-corrected chi connectivity index (χ0v) is 16.7. The van der Waals surface area contributed by atoms with Gasteiger partial charge >= 0.3 is 5.91 Å². The molecule has 0 bridgehead atoms. The van der Waals surface area contributed by atoms with Crippen LogP contribution in [0.15, 0.2) is 54.6 Å². The van der Waals surface area contributed by atoms with E-state index in [0.29, 0.717) is 17.8 Å². The molecule has 3 rings (SSSR count). The van der Waals surface area contributed by atoms with Crippen molar-refractivity contribution in [2.45, 2.75) is 6.92 Å². The van der Waals surface area contributed by atoms with Gasteiger partial charge in [-0.05, 0) is 18.2 Å². The molecule has 2 amide bonds. The number of nitrogens with zero attached hydrogens (tertiary/aromatic N) is 3. The number of primary amides is 1. The Bertz CT molecular complexity index is 831. The summed E-state index contributed by atoms with van der Waals surface area (Å²) in [6.07, 6.45) is 0. The Kier molecular flexibility index (Phi) is 6.11. The Morgan fingerprint density at radius 1 is 0.964 bits per heavy atom. The highest BCUT2D eigenvalue weighted by Gasteiger charge is 2.35. The van der Waals surface area contributed by atoms with Crippen LogP contribution < -0.4 is 15.1 Å². The SMILES string of the molecule is CC(=O)[N+](C)(CCN1CCN(c2ccccc2)CC1)c1ccccc1C(N)=O. The number of carbonyl (C=O) groups is 2. The van der Waals surface area contributed by atoms with Crippen molar-refractivity contribution < 1.29 is 9.59 Å². The largest absolute Gasteiger partial charge is 0.369 e. The number of rotatable bonds is 6. The van der Waals surface area contributed by atoms with Gasteiger partial charge in [0.15, 0.2) is 5.69 Å². The molecular formula is C22H29N4O2+. The van der Waals surface area contributed by atoms with Crippen LogP contribution in [0, 0.1) is 0 Å². The molecule has 1 aliphatic heterocycles. The molecule has 1 aliphatic rings. The monoisotopic (exact) mass is 381 g/mol. The Morgan fingerprint density at radius 2 is 1.57 bits per heavy atom. The molecule has 28 heavy (non-hydrogen) atoms. The molecule has 6 heteroatoms. The first-order chi connectivity index (χ1) is 13.4. The van der Waals surface area contributed by atoms with Gasteiger partial charge in [0, 0.05) is 44.5 Å². The third-order valence-corrected chi connectivity index (χ3v) is 5.75. The van der Waals surface area contributed by atoms with E-state index in [-0.39, 0.29) is 10.4 Å². The average molecular weight is 382 g/mol. The van der Waals surface area contributed by atoms with Crippen molar-refractivity contribution in [3.8, 4) is 0 Å². The third-order valence-electron chi connectivity index (χ3n) is 5.75. The number of anilines is 1. The van der Waals surface area contributed by atoms with Crippen LogP contribution >= 0.6 is 0 Å². The summed E-state index contributed by atoms with van der Waals surface area (Å²) < 4.78 is 0.0675. The van der Waals surface area contributed by atoms with Gasteiger partial charge in [0.1, 0.15) is 12.1 Å². The van der Waals surface area contributed by atoms with Gasteiger partial charge in [-0.1, -0.05) is 30.3 Å². The summed E-state index contributed by atoms with van der Waals surface area (Å²) in [5.41, 5.74) is 7.88. The van der Waals surface area contributed by atoms with Crippen molar-refractivity contribution in [3.05, 3.63) is 60.2 Å². The minimum Gasteiger partial charge on any atom is -0.369 e. The lowest BCUT2D eigenvalue weighted by molar-refractivity contribution is -0.127. The number of hydrogen-bond donors (Lipinski definition) is 1. The Labute approximate surface area is 166 Å². The molecule has 0 radical (unpaired) electrons. The fourth-order valence-corrected chi connectivity index (χ4v) is 3.77. The molecule has 148 valence electrons. The minimum atomic E-state index is -0.502. The van der Waals surface area contributed by atoms with Gasteiger partial charge in [0.05, 0.1) is 14.0 Å². The summed E-state index contributed by atoms with van der Waals surface area (Å²) in [6.45, 7) is 6.79. The summed E-state index contributed by atoms with van der Waals surface area (Å²) in [5.74, 6) is -0.505. The second-order valence-corrected chi connectivity index (χ2v) is 7.48. The van der Waals surface area contributed by atoms with Gasteiger partial charge < -0.3 is 10.6 Å². The number of nitrogens with two attached hydrogens (primary N) is 1. The highest BCUT2D eigenvalue weighted by Crippen LogP contribution is 2.26. The molecule has 1 saturated heterocycles. The first kappa shape index (κ1) is 20.0. The number of quaternary nitrogens is 1. The zero-order chi connectivity index (χ0) is 20.1. The van der Waals surface area contributed by atoms with Crippen LogP contribution in [0.25, 0.3) is 0 Å². The quantitative estimate of drug-likeness (QED) is 0.778. The first-order valence-corrected chi connectivity index (χ1v) is 9.70. The number of likely N-dealkylation sites (N-methyl/N-ethyl adjacent to an activating group) is 1. The van der Waals surface area contributed by atoms with Crippen LogP contribution in [-0.4, -0.2) is 63.0 Å². The number of carbonyl (C=O) groups excluding carboxylic acids is 2. The predicted octanol–water partition coefficient (Wildman–Crippen LogP) is 2.09. The maximum Gasteiger partial charge on any atom is 0.315 e. The molecule has 0 saturated carbocycles. The second-order valence-electron chi connectivity index (χ2n) is 7.48. The van der Waals surface area contributed by atoms with E-state index >= 15 is 0 Å². The Morgan fingerprint density at radius 3 is 2.18 bits per heavy atom. The van der Waals surface area contributed by atoms with Crippen molar-refractivity contribution in [1.29, 1.82) is 0 Å². The summed E-state index contributed by atoms with van der Waals surface area (Å²) in [5, 5.41) is 0. The van der Waals surface area contributed by atoms with E-state index in [4.69, 9.17) is 5.73 Å². The van der Waals surface area contributed by atoms with E-state index in [0.717, 1.165) is 32.7 Å². The molecule has 6 nitrogen and oxygen atoms in total. The fourth-order valence-electron chi connectivity index (χ4n) is 3.77. The molecule has 2 N–H and O–H groups in total. The molecule has 0 spiro atoms. The molecule has 1 unspecified atom stereocenters. The van der Waals surface area contributed by atoms with Crippen molar-refractivity contribution in [2.75, 3.05) is 51.2 Å². The van der Waals surface area contributed by atoms with Crippen LogP contribution in [0.3, 0.4) is 0 Å². The van der Waals surface area contributed by atoms with Gasteiger partial charge in [0.2, 0.25) is 0 Å². The van der Waals surface area contributed by atoms with Gasteiger partial charge in [-0.3, -0.25) is 9.69 Å². The molecule has 0 aliphatic carbocycles. The molecule has 2 aromatic carbocycles. The number of amides is 2. The number of hydrogen-bond acceptors (Lipinski definition) is 4. The van der Waals surface area contributed by atoms with E-state index in [9.17, 15) is 9.59 Å². The molecule has 1 atom stereocenters. The lowest BCUT2D eigenvalue weighted by Crippen LogP contribution is -2.56. The van der Waals surface area contributed by atoms with Gasteiger partial charge in [-0.25, -0.2) is 9.28 Å². The number of para-hydroxylation sites is 2. The first-order valence-electron chi connectivity index (χ1n) is 9.70. The van der Waals surface area contributed by atoms with Crippen LogP contribution in [0.5, 0.6) is 0 Å². The van der Waals surface area contributed by atoms with Crippen molar-refractivity contribution in [2.24, 2.45) is 5.73 Å². The lowest BCUT2D eigenvalue weighted by atomic mass is 10.1. The van der Waals surface area contributed by atoms with Crippen molar-refractivity contribution in [1.82, 2.24) is 9.38 Å². The normalized spacial score (nSPS) is 17.1. The van der Waals surface area contributed by atoms with Crippen LogP contribution in [0.2, 0.25) is 0 Å². The minimum absolute atomic E-state index is 0.00313. The van der Waals surface area contributed by atoms with Crippen LogP contribution in [-0.2, 0) is 4.79 Å². The highest BCUT2D eigenvalue weighted by molar-refractivity contribution is 6.01. The Hall–Kier alpha value is -2.70. The summed E-state index contributed by atoms with van der Waals surface area (Å²) in [6, 6.07) is 17.6. The highest BCUT2D eigenvalue weighted by atomic mass is 16.2. The standard InChI is InChI=1S/C22H28N4O2/c1-18(27)26(2,21-11-7-6-10-20(21)22(23)28)17-16-24-12-14-25(15-13-24)19-8-4-3-5-9-19/h3-11H,12-17H2,1-2H3,(H-,23,28)/p+1. The molecule has 2 aromatic rings. The van der Waals surface area contributed by atoms with Crippen molar-refractivity contribution >= 4 is 23.2 Å². The maximum absolute atomic E-state index is 12.5. The molecular weight excluding hydrogens is 352 g/mol. The maximum atomic E-state index is 12.5. The number of benzene rings is 2. The van der Waals surface area contributed by atoms with E-state index in [2.05, 4.69) is 34.1 Å². The van der Waals surface area contributed by atoms with Crippen molar-refractivity contribution in [3.63, 3.8) is 0 Å². The third kappa shape index (κ3) is 4.24. The lowest BCUT2D eigenvalue weighted by Gasteiger charge is -2.38. The topological polar surface area (TPSA) is 66.6 Å². The van der Waals surface area contributed by atoms with Crippen LogP contribution in [0.4, 0.5) is 11.4 Å². The molecule has 1 heterocycles. The van der Waals surface area contributed by atoms with Gasteiger partial charge in [-0.2, -0.15) is 0 Å². The van der Waals surface area contributed by atoms with E-state index in [1.54, 1.807) is 19.1 Å². The van der Waals surface area contributed by atoms with Gasteiger partial charge in [-0.15, -0.1) is 0 Å². The smallest absolute Gasteiger partial charge is 0.315 e. The number of piperazine rings is 1. The van der Waals surface area contributed by atoms with E-state index < -0.39 is 5.91 Å². The predicted molar refractivity (Wildman–Crippen MR) is 113 cm³/mol. The second kappa shape index (κ2) is 8.54. The van der Waals surface area contributed by atoms with Gasteiger partial charge in [0.25, 0.3) is 5.91 Å². The summed E-state index contributed by atoms with van der Waals surface area (Å²) in [7, 11) is 1.87. The fraction of sp³-hybridized carbons (Fsp3) is 0.364. The summed E-state index contributed by atoms with van der Waals surface area (Å²) >= 11 is 0. The van der Waals surface area contributed by atoms with E-state index in [1.807, 2.05) is 25.2 Å². The Balaban J connectivity index is 1.67.